The second kappa shape index (κ2) is 4.47. The highest BCUT2D eigenvalue weighted by molar-refractivity contribution is 5.88. The Morgan fingerprint density at radius 3 is 2.14 bits per heavy atom. The van der Waals surface area contributed by atoms with Crippen LogP contribution in [0.3, 0.4) is 0 Å². The number of amidine groups is 1. The van der Waals surface area contributed by atoms with Gasteiger partial charge in [-0.2, -0.15) is 0 Å². The average Bonchev–Trinajstić information content (AvgIpc) is 2.83. The normalized spacial score (nSPS) is 49.9. The Labute approximate surface area is 129 Å². The maximum Gasteiger partial charge on any atom is 0.117 e. The third kappa shape index (κ3) is 2.23. The number of hydrogen-bond donors (Lipinski definition) is 2. The fourth-order valence-electron chi connectivity index (χ4n) is 7.26. The standard InChI is InChI=1S/C18H31N3/c1-16-7-13-8-17(2,10-16)12-18(9-13,11-16)15(21-19)20-14-5-3-4-6-14/h13-14H,3-12,19H2,1-2H3,(H,20,21). The fourth-order valence-corrected chi connectivity index (χ4v) is 7.26. The predicted octanol–water partition coefficient (Wildman–Crippen LogP) is 3.79. The largest absolute Gasteiger partial charge is 0.312 e. The third-order valence-electron chi connectivity index (χ3n) is 6.90. The lowest BCUT2D eigenvalue weighted by molar-refractivity contribution is -0.117. The van der Waals surface area contributed by atoms with Crippen molar-refractivity contribution in [1.29, 1.82) is 0 Å². The summed E-state index contributed by atoms with van der Waals surface area (Å²) in [5.41, 5.74) is 4.39. The lowest BCUT2D eigenvalue weighted by atomic mass is 9.40. The number of hydrazine groups is 1. The van der Waals surface area contributed by atoms with Crippen LogP contribution in [0.25, 0.3) is 0 Å². The molecule has 3 heteroatoms. The molecular formula is C18H31N3. The molecule has 0 saturated heterocycles. The lowest BCUT2D eigenvalue weighted by Crippen LogP contribution is -2.60. The van der Waals surface area contributed by atoms with Gasteiger partial charge in [-0.1, -0.05) is 26.7 Å². The molecule has 5 aliphatic carbocycles. The van der Waals surface area contributed by atoms with Gasteiger partial charge in [-0.05, 0) is 68.1 Å². The van der Waals surface area contributed by atoms with Crippen LogP contribution >= 0.6 is 0 Å². The molecule has 2 unspecified atom stereocenters. The highest BCUT2D eigenvalue weighted by Crippen LogP contribution is 2.69. The van der Waals surface area contributed by atoms with E-state index in [1.54, 1.807) is 0 Å². The van der Waals surface area contributed by atoms with Crippen molar-refractivity contribution >= 4 is 5.84 Å². The van der Waals surface area contributed by atoms with Gasteiger partial charge in [-0.25, -0.2) is 5.84 Å². The molecule has 21 heavy (non-hydrogen) atoms. The topological polar surface area (TPSA) is 50.4 Å². The number of nitrogens with one attached hydrogen (secondary N) is 1. The molecule has 0 radical (unpaired) electrons. The molecule has 3 N–H and O–H groups in total. The Morgan fingerprint density at radius 1 is 1.00 bits per heavy atom. The number of hydrogen-bond acceptors (Lipinski definition) is 2. The summed E-state index contributed by atoms with van der Waals surface area (Å²) in [6.45, 7) is 5.04. The van der Waals surface area contributed by atoms with Crippen molar-refractivity contribution in [3.63, 3.8) is 0 Å². The van der Waals surface area contributed by atoms with Crippen LogP contribution in [-0.2, 0) is 0 Å². The predicted molar refractivity (Wildman–Crippen MR) is 86.9 cm³/mol. The van der Waals surface area contributed by atoms with Crippen LogP contribution in [0.5, 0.6) is 0 Å². The van der Waals surface area contributed by atoms with E-state index in [0.29, 0.717) is 16.9 Å². The van der Waals surface area contributed by atoms with Crippen LogP contribution in [0.15, 0.2) is 4.99 Å². The maximum atomic E-state index is 5.98. The SMILES string of the molecule is CC12CC3CC(C)(C1)CC(C(=NC1CCCC1)NN)(C3)C2. The number of nitrogens with two attached hydrogens (primary N) is 1. The van der Waals surface area contributed by atoms with Crippen molar-refractivity contribution in [2.24, 2.45) is 33.0 Å². The molecule has 0 aromatic rings. The molecule has 0 aromatic heterocycles. The van der Waals surface area contributed by atoms with Gasteiger partial charge < -0.3 is 5.43 Å². The van der Waals surface area contributed by atoms with E-state index in [-0.39, 0.29) is 5.41 Å². The first-order valence-corrected chi connectivity index (χ1v) is 8.99. The van der Waals surface area contributed by atoms with Crippen molar-refractivity contribution in [2.75, 3.05) is 0 Å². The Balaban J connectivity index is 1.69. The number of rotatable bonds is 2. The summed E-state index contributed by atoms with van der Waals surface area (Å²) in [7, 11) is 0. The molecule has 0 aromatic carbocycles. The molecule has 0 amide bonds. The minimum absolute atomic E-state index is 0.264. The van der Waals surface area contributed by atoms with Gasteiger partial charge in [0.05, 0.1) is 6.04 Å². The zero-order chi connectivity index (χ0) is 14.7. The van der Waals surface area contributed by atoms with Crippen molar-refractivity contribution in [2.45, 2.75) is 84.1 Å². The van der Waals surface area contributed by atoms with Gasteiger partial charge in [0, 0.05) is 5.41 Å². The summed E-state index contributed by atoms with van der Waals surface area (Å²) < 4.78 is 0. The van der Waals surface area contributed by atoms with Crippen molar-refractivity contribution in [3.05, 3.63) is 0 Å². The van der Waals surface area contributed by atoms with Crippen LogP contribution in [0.4, 0.5) is 0 Å². The maximum absolute atomic E-state index is 5.98. The molecule has 0 aliphatic heterocycles. The second-order valence-corrected chi connectivity index (χ2v) is 9.47. The van der Waals surface area contributed by atoms with Crippen LogP contribution < -0.4 is 11.3 Å². The zero-order valence-electron chi connectivity index (χ0n) is 13.8. The second-order valence-electron chi connectivity index (χ2n) is 9.47. The van der Waals surface area contributed by atoms with E-state index in [1.165, 1.54) is 64.2 Å². The molecule has 3 nitrogen and oxygen atoms in total. The summed E-state index contributed by atoms with van der Waals surface area (Å²) >= 11 is 0. The van der Waals surface area contributed by atoms with E-state index in [9.17, 15) is 0 Å². The Bertz CT molecular complexity index is 445. The minimum atomic E-state index is 0.264. The van der Waals surface area contributed by atoms with Gasteiger partial charge in [0.1, 0.15) is 5.84 Å². The summed E-state index contributed by atoms with van der Waals surface area (Å²) in [5.74, 6) is 8.04. The first kappa shape index (κ1) is 14.0. The molecule has 5 saturated carbocycles. The first-order chi connectivity index (χ1) is 9.94. The minimum Gasteiger partial charge on any atom is -0.312 e. The molecule has 4 bridgehead atoms. The Kier molecular flexibility index (Phi) is 2.99. The van der Waals surface area contributed by atoms with Crippen LogP contribution in [-0.4, -0.2) is 11.9 Å². The van der Waals surface area contributed by atoms with E-state index in [1.807, 2.05) is 0 Å². The molecule has 118 valence electrons. The van der Waals surface area contributed by atoms with Gasteiger partial charge in [0.25, 0.3) is 0 Å². The molecule has 5 rings (SSSR count). The monoisotopic (exact) mass is 289 g/mol. The molecule has 5 fully saturated rings. The smallest absolute Gasteiger partial charge is 0.117 e. The van der Waals surface area contributed by atoms with Gasteiger partial charge >= 0.3 is 0 Å². The molecule has 0 heterocycles. The zero-order valence-corrected chi connectivity index (χ0v) is 13.8. The van der Waals surface area contributed by atoms with E-state index >= 15 is 0 Å². The fraction of sp³-hybridized carbons (Fsp3) is 0.944. The van der Waals surface area contributed by atoms with E-state index in [0.717, 1.165) is 11.8 Å². The first-order valence-electron chi connectivity index (χ1n) is 8.99. The van der Waals surface area contributed by atoms with E-state index < -0.39 is 0 Å². The Morgan fingerprint density at radius 2 is 1.62 bits per heavy atom. The quantitative estimate of drug-likeness (QED) is 0.352. The van der Waals surface area contributed by atoms with Crippen LogP contribution in [0.1, 0.15) is 78.1 Å². The highest BCUT2D eigenvalue weighted by atomic mass is 15.3. The average molecular weight is 289 g/mol. The van der Waals surface area contributed by atoms with Crippen molar-refractivity contribution in [1.82, 2.24) is 5.43 Å². The van der Waals surface area contributed by atoms with Crippen molar-refractivity contribution < 1.29 is 0 Å². The molecule has 2 atom stereocenters. The third-order valence-corrected chi connectivity index (χ3v) is 6.90. The van der Waals surface area contributed by atoms with Gasteiger partial charge in [-0.15, -0.1) is 0 Å². The Hall–Kier alpha value is -0.570. The van der Waals surface area contributed by atoms with Gasteiger partial charge in [0.15, 0.2) is 0 Å². The van der Waals surface area contributed by atoms with Gasteiger partial charge in [-0.3, -0.25) is 4.99 Å². The molecular weight excluding hydrogens is 258 g/mol. The van der Waals surface area contributed by atoms with Gasteiger partial charge in [0.2, 0.25) is 0 Å². The van der Waals surface area contributed by atoms with Crippen molar-refractivity contribution in [3.8, 4) is 0 Å². The van der Waals surface area contributed by atoms with E-state index in [2.05, 4.69) is 19.3 Å². The highest BCUT2D eigenvalue weighted by Gasteiger charge is 2.61. The van der Waals surface area contributed by atoms with E-state index in [4.69, 9.17) is 10.8 Å². The summed E-state index contributed by atoms with van der Waals surface area (Å²) in [5, 5.41) is 0. The van der Waals surface area contributed by atoms with Crippen LogP contribution in [0, 0.1) is 22.2 Å². The molecule has 0 spiro atoms. The summed E-state index contributed by atoms with van der Waals surface area (Å²) in [6.07, 6.45) is 13.4. The number of nitrogens with zero attached hydrogens (tertiary/aromatic N) is 1. The molecule has 5 aliphatic rings. The van der Waals surface area contributed by atoms with Crippen LogP contribution in [0.2, 0.25) is 0 Å². The number of aliphatic imine (C=N–C) groups is 1. The summed E-state index contributed by atoms with van der Waals surface area (Å²) in [4.78, 5) is 5.13. The lowest BCUT2D eigenvalue weighted by Gasteiger charge is -2.65. The summed E-state index contributed by atoms with van der Waals surface area (Å²) in [6, 6.07) is 0.532.